The van der Waals surface area contributed by atoms with E-state index in [1.54, 1.807) is 12.1 Å². The van der Waals surface area contributed by atoms with Crippen molar-refractivity contribution in [1.29, 1.82) is 0 Å². The summed E-state index contributed by atoms with van der Waals surface area (Å²) in [4.78, 5) is 5.04. The highest BCUT2D eigenvalue weighted by Crippen LogP contribution is 2.38. The third kappa shape index (κ3) is 2.64. The Balaban J connectivity index is 2.09. The van der Waals surface area contributed by atoms with Gasteiger partial charge in [-0.1, -0.05) is 29.8 Å². The highest BCUT2D eigenvalue weighted by Gasteiger charge is 2.19. The van der Waals surface area contributed by atoms with Crippen molar-refractivity contribution in [2.24, 2.45) is 4.99 Å². The lowest BCUT2D eigenvalue weighted by molar-refractivity contribution is 0.613. The van der Waals surface area contributed by atoms with Crippen molar-refractivity contribution in [3.63, 3.8) is 0 Å². The minimum Gasteiger partial charge on any atom is -0.300 e. The van der Waals surface area contributed by atoms with Crippen molar-refractivity contribution in [2.45, 2.75) is 11.3 Å². The molecule has 102 valence electrons. The van der Waals surface area contributed by atoms with Gasteiger partial charge in [-0.3, -0.25) is 0 Å². The molecule has 0 aromatic heterocycles. The Morgan fingerprint density at radius 3 is 2.75 bits per heavy atom. The fourth-order valence-corrected chi connectivity index (χ4v) is 3.06. The second kappa shape index (κ2) is 5.64. The van der Waals surface area contributed by atoms with E-state index in [4.69, 9.17) is 23.2 Å². The summed E-state index contributed by atoms with van der Waals surface area (Å²) < 4.78 is 17.0. The summed E-state index contributed by atoms with van der Waals surface area (Å²) in [7, 11) is 0. The van der Waals surface area contributed by atoms with E-state index in [0.29, 0.717) is 22.7 Å². The van der Waals surface area contributed by atoms with Gasteiger partial charge in [0.25, 0.3) is 0 Å². The molecule has 0 fully saturated rings. The van der Waals surface area contributed by atoms with Crippen molar-refractivity contribution < 1.29 is 4.39 Å². The zero-order valence-corrected chi connectivity index (χ0v) is 12.5. The van der Waals surface area contributed by atoms with Crippen molar-refractivity contribution >= 4 is 46.1 Å². The normalized spacial score (nSPS) is 13.4. The molecule has 0 atom stereocenters. The van der Waals surface area contributed by atoms with Gasteiger partial charge < -0.3 is 4.72 Å². The Morgan fingerprint density at radius 2 is 1.95 bits per heavy atom. The maximum atomic E-state index is 14.1. The number of halogens is 3. The summed E-state index contributed by atoms with van der Waals surface area (Å²) >= 11 is 13.3. The number of nitrogens with one attached hydrogen (secondary N) is 1. The Hall–Kier alpha value is -1.23. The molecular weight excluding hydrogens is 318 g/mol. The summed E-state index contributed by atoms with van der Waals surface area (Å²) in [6, 6.07) is 10.5. The zero-order valence-electron chi connectivity index (χ0n) is 10.2. The fourth-order valence-electron chi connectivity index (χ4n) is 2.01. The topological polar surface area (TPSA) is 24.4 Å². The van der Waals surface area contributed by atoms with Crippen LogP contribution in [0.4, 0.5) is 10.1 Å². The van der Waals surface area contributed by atoms with Crippen molar-refractivity contribution in [2.75, 3.05) is 0 Å². The first-order valence-electron chi connectivity index (χ1n) is 5.87. The molecule has 1 N–H and O–H groups in total. The van der Waals surface area contributed by atoms with Gasteiger partial charge in [0.15, 0.2) is 0 Å². The lowest BCUT2D eigenvalue weighted by Crippen LogP contribution is -2.12. The van der Waals surface area contributed by atoms with Crippen molar-refractivity contribution in [3.05, 3.63) is 58.4 Å². The van der Waals surface area contributed by atoms with Crippen LogP contribution in [0.15, 0.2) is 46.3 Å². The van der Waals surface area contributed by atoms with Crippen LogP contribution in [0.5, 0.6) is 0 Å². The van der Waals surface area contributed by atoms with Crippen LogP contribution >= 0.6 is 35.1 Å². The lowest BCUT2D eigenvalue weighted by Gasteiger charge is -2.17. The van der Waals surface area contributed by atoms with E-state index in [9.17, 15) is 4.39 Å². The highest BCUT2D eigenvalue weighted by atomic mass is 35.5. The summed E-state index contributed by atoms with van der Waals surface area (Å²) in [5, 5.41) is 0.856. The second-order valence-corrected chi connectivity index (χ2v) is 5.86. The van der Waals surface area contributed by atoms with Gasteiger partial charge in [0.1, 0.15) is 5.82 Å². The molecule has 1 heterocycles. The lowest BCUT2D eigenvalue weighted by atomic mass is 10.0. The van der Waals surface area contributed by atoms with Crippen LogP contribution < -0.4 is 4.72 Å². The van der Waals surface area contributed by atoms with E-state index in [0.717, 1.165) is 10.5 Å². The zero-order chi connectivity index (χ0) is 14.1. The molecule has 2 nitrogen and oxygen atoms in total. The molecule has 0 unspecified atom stereocenters. The van der Waals surface area contributed by atoms with Gasteiger partial charge in [0.2, 0.25) is 5.29 Å². The van der Waals surface area contributed by atoms with E-state index >= 15 is 0 Å². The summed E-state index contributed by atoms with van der Waals surface area (Å²) in [5.41, 5.74) is 1.93. The Bertz CT molecular complexity index is 704. The van der Waals surface area contributed by atoms with Gasteiger partial charge in [-0.25, -0.2) is 9.38 Å². The molecule has 0 saturated heterocycles. The molecule has 20 heavy (non-hydrogen) atoms. The summed E-state index contributed by atoms with van der Waals surface area (Å²) in [6.07, 6.45) is 0.378. The molecule has 0 radical (unpaired) electrons. The molecule has 0 aliphatic carbocycles. The third-order valence-corrected chi connectivity index (χ3v) is 4.47. The molecule has 1 aliphatic rings. The smallest absolute Gasteiger partial charge is 0.206 e. The van der Waals surface area contributed by atoms with Crippen molar-refractivity contribution in [3.8, 4) is 0 Å². The molecule has 2 aromatic carbocycles. The molecule has 0 saturated carbocycles. The number of amidine groups is 1. The van der Waals surface area contributed by atoms with Crippen LogP contribution in [0.1, 0.15) is 11.1 Å². The minimum atomic E-state index is -0.306. The maximum Gasteiger partial charge on any atom is 0.206 e. The first kappa shape index (κ1) is 13.7. The molecule has 0 spiro atoms. The van der Waals surface area contributed by atoms with Crippen LogP contribution in [0.3, 0.4) is 0 Å². The molecule has 2 aromatic rings. The van der Waals surface area contributed by atoms with Gasteiger partial charge >= 0.3 is 0 Å². The van der Waals surface area contributed by atoms with E-state index in [2.05, 4.69) is 9.71 Å². The molecular formula is C14H9Cl2FN2S. The minimum absolute atomic E-state index is 0.244. The average Bonchev–Trinajstić information content (AvgIpc) is 2.44. The number of rotatable bonds is 2. The number of hydrogen-bond donors (Lipinski definition) is 1. The fraction of sp³-hybridized carbons (Fsp3) is 0.0714. The molecule has 3 rings (SSSR count). The Kier molecular flexibility index (Phi) is 3.87. The first-order valence-corrected chi connectivity index (χ1v) is 7.44. The number of hydrogen-bond acceptors (Lipinski definition) is 3. The van der Waals surface area contributed by atoms with Crippen LogP contribution in [0.2, 0.25) is 5.02 Å². The number of fused-ring (bicyclic) bond motifs is 1. The Morgan fingerprint density at radius 1 is 1.15 bits per heavy atom. The van der Waals surface area contributed by atoms with Crippen LogP contribution in [0, 0.1) is 5.82 Å². The van der Waals surface area contributed by atoms with Gasteiger partial charge in [0.05, 0.1) is 10.6 Å². The van der Waals surface area contributed by atoms with E-state index in [-0.39, 0.29) is 11.1 Å². The molecule has 6 heteroatoms. The molecule has 1 aliphatic heterocycles. The highest BCUT2D eigenvalue weighted by molar-refractivity contribution is 7.98. The predicted molar refractivity (Wildman–Crippen MR) is 82.6 cm³/mol. The van der Waals surface area contributed by atoms with Crippen LogP contribution in [0.25, 0.3) is 0 Å². The van der Waals surface area contributed by atoms with Crippen LogP contribution in [-0.4, -0.2) is 5.29 Å². The Labute approximate surface area is 130 Å². The first-order chi connectivity index (χ1) is 9.65. The number of benzene rings is 2. The van der Waals surface area contributed by atoms with Gasteiger partial charge in [-0.05, 0) is 47.3 Å². The standard InChI is InChI=1S/C14H9Cl2FN2S/c15-10-4-2-1-3-8(10)7-9-11(17)5-6-12-13(9)18-14(16)19-20-12/h1-6H,7H2,(H,18,19). The summed E-state index contributed by atoms with van der Waals surface area (Å²) in [5.74, 6) is -0.306. The molecule has 0 amide bonds. The SMILES string of the molecule is Fc1ccc2c(c1Cc1ccccc1Cl)N=C(Cl)NS2. The second-order valence-electron chi connectivity index (χ2n) is 4.25. The van der Waals surface area contributed by atoms with E-state index in [1.165, 1.54) is 18.0 Å². The third-order valence-electron chi connectivity index (χ3n) is 2.97. The summed E-state index contributed by atoms with van der Waals surface area (Å²) in [6.45, 7) is 0. The largest absolute Gasteiger partial charge is 0.300 e. The van der Waals surface area contributed by atoms with Gasteiger partial charge in [-0.2, -0.15) is 0 Å². The number of nitrogens with zero attached hydrogens (tertiary/aromatic N) is 1. The van der Waals surface area contributed by atoms with Gasteiger partial charge in [-0.15, -0.1) is 0 Å². The predicted octanol–water partition coefficient (Wildman–Crippen LogP) is 4.91. The number of aliphatic imine (C=N–C) groups is 1. The maximum absolute atomic E-state index is 14.1. The quantitative estimate of drug-likeness (QED) is 0.626. The molecule has 0 bridgehead atoms. The van der Waals surface area contributed by atoms with E-state index < -0.39 is 0 Å². The average molecular weight is 327 g/mol. The monoisotopic (exact) mass is 326 g/mol. The van der Waals surface area contributed by atoms with Gasteiger partial charge in [0, 0.05) is 17.0 Å². The van der Waals surface area contributed by atoms with Crippen molar-refractivity contribution in [1.82, 2.24) is 4.72 Å². The van der Waals surface area contributed by atoms with Crippen LogP contribution in [-0.2, 0) is 6.42 Å². The van der Waals surface area contributed by atoms with E-state index in [1.807, 2.05) is 18.2 Å².